The molecule has 1 aromatic rings. The predicted octanol–water partition coefficient (Wildman–Crippen LogP) is 3.04. The van der Waals surface area contributed by atoms with Crippen LogP contribution in [-0.2, 0) is 10.9 Å². The predicted molar refractivity (Wildman–Crippen MR) is 128 cm³/mol. The first-order valence-electron chi connectivity index (χ1n) is 10.3. The summed E-state index contributed by atoms with van der Waals surface area (Å²) in [6.07, 6.45) is -2.76. The molecule has 0 amide bonds. The molecule has 0 saturated carbocycles. The van der Waals surface area contributed by atoms with Crippen molar-refractivity contribution in [3.05, 3.63) is 23.9 Å². The Hall–Kier alpha value is -1.34. The van der Waals surface area contributed by atoms with E-state index in [2.05, 4.69) is 44.7 Å². The molecule has 0 aliphatic carbocycles. The maximum absolute atomic E-state index is 12.5. The van der Waals surface area contributed by atoms with Crippen molar-refractivity contribution in [3.8, 4) is 0 Å². The lowest BCUT2D eigenvalue weighted by molar-refractivity contribution is -0.137. The number of aromatic nitrogens is 1. The standard InChI is InChI=1S/C20H33F3N6O.HI/c1-15(2)17(29-9-11-30-12-10-29)14-28-19(24-3)26-8-4-7-25-18-6-5-16(13-27-18)20(21,22)23;/h5-6,13,15,17H,4,7-12,14H2,1-3H3,(H,25,27)(H2,24,26,28);1H. The van der Waals surface area contributed by atoms with Gasteiger partial charge in [0.1, 0.15) is 5.82 Å². The third kappa shape index (κ3) is 9.77. The number of anilines is 1. The van der Waals surface area contributed by atoms with E-state index in [0.717, 1.165) is 57.5 Å². The maximum Gasteiger partial charge on any atom is 0.417 e. The fourth-order valence-electron chi connectivity index (χ4n) is 3.30. The number of nitrogens with one attached hydrogen (secondary N) is 3. The Balaban J connectivity index is 0.00000480. The molecular formula is C20H34F3IN6O. The fraction of sp³-hybridized carbons (Fsp3) is 0.700. The minimum Gasteiger partial charge on any atom is -0.379 e. The smallest absolute Gasteiger partial charge is 0.379 e. The van der Waals surface area contributed by atoms with Crippen molar-refractivity contribution in [2.24, 2.45) is 10.9 Å². The number of hydrogen-bond donors (Lipinski definition) is 3. The normalized spacial score (nSPS) is 16.5. The molecule has 1 fully saturated rings. The van der Waals surface area contributed by atoms with Gasteiger partial charge in [0.25, 0.3) is 0 Å². The van der Waals surface area contributed by atoms with Gasteiger partial charge in [-0.15, -0.1) is 24.0 Å². The first-order chi connectivity index (χ1) is 14.3. The first kappa shape index (κ1) is 27.7. The van der Waals surface area contributed by atoms with Crippen LogP contribution in [0.1, 0.15) is 25.8 Å². The third-order valence-corrected chi connectivity index (χ3v) is 5.03. The number of morpholine rings is 1. The van der Waals surface area contributed by atoms with Crippen LogP contribution in [0.2, 0.25) is 0 Å². The van der Waals surface area contributed by atoms with Crippen molar-refractivity contribution in [1.29, 1.82) is 0 Å². The first-order valence-corrected chi connectivity index (χ1v) is 10.3. The van der Waals surface area contributed by atoms with Gasteiger partial charge in [0.2, 0.25) is 0 Å². The van der Waals surface area contributed by atoms with Crippen LogP contribution in [-0.4, -0.2) is 74.9 Å². The molecule has 0 aromatic carbocycles. The molecule has 3 N–H and O–H groups in total. The summed E-state index contributed by atoms with van der Waals surface area (Å²) in [6.45, 7) is 9.94. The number of aliphatic imine (C=N–C) groups is 1. The van der Waals surface area contributed by atoms with Crippen LogP contribution in [0.15, 0.2) is 23.3 Å². The molecule has 0 spiro atoms. The Morgan fingerprint density at radius 3 is 2.45 bits per heavy atom. The van der Waals surface area contributed by atoms with E-state index >= 15 is 0 Å². The Bertz CT molecular complexity index is 651. The lowest BCUT2D eigenvalue weighted by atomic mass is 10.0. The highest BCUT2D eigenvalue weighted by Crippen LogP contribution is 2.28. The zero-order chi connectivity index (χ0) is 22.0. The molecule has 1 atom stereocenters. The monoisotopic (exact) mass is 558 g/mol. The second kappa shape index (κ2) is 13.9. The molecule has 11 heteroatoms. The van der Waals surface area contributed by atoms with E-state index in [1.54, 1.807) is 7.05 Å². The van der Waals surface area contributed by atoms with Crippen LogP contribution in [0.5, 0.6) is 0 Å². The SMILES string of the molecule is CN=C(NCCCNc1ccc(C(F)(F)F)cn1)NCC(C(C)C)N1CCOCC1.I. The van der Waals surface area contributed by atoms with Crippen molar-refractivity contribution in [2.75, 3.05) is 58.3 Å². The molecule has 2 heterocycles. The second-order valence-corrected chi connectivity index (χ2v) is 7.55. The Morgan fingerprint density at radius 2 is 1.90 bits per heavy atom. The molecule has 7 nitrogen and oxygen atoms in total. The van der Waals surface area contributed by atoms with E-state index < -0.39 is 11.7 Å². The van der Waals surface area contributed by atoms with Crippen molar-refractivity contribution in [2.45, 2.75) is 32.5 Å². The van der Waals surface area contributed by atoms with Gasteiger partial charge in [0, 0.05) is 52.0 Å². The van der Waals surface area contributed by atoms with Gasteiger partial charge in [-0.25, -0.2) is 4.98 Å². The van der Waals surface area contributed by atoms with Crippen LogP contribution >= 0.6 is 24.0 Å². The fourth-order valence-corrected chi connectivity index (χ4v) is 3.30. The zero-order valence-electron chi connectivity index (χ0n) is 18.3. The quantitative estimate of drug-likeness (QED) is 0.187. The van der Waals surface area contributed by atoms with Gasteiger partial charge in [-0.05, 0) is 24.5 Å². The number of guanidine groups is 1. The Morgan fingerprint density at radius 1 is 1.19 bits per heavy atom. The highest BCUT2D eigenvalue weighted by atomic mass is 127. The number of halogens is 4. The van der Waals surface area contributed by atoms with E-state index in [1.807, 2.05) is 0 Å². The van der Waals surface area contributed by atoms with Gasteiger partial charge in [0.15, 0.2) is 5.96 Å². The average molecular weight is 558 g/mol. The van der Waals surface area contributed by atoms with Crippen LogP contribution in [0.25, 0.3) is 0 Å². The summed E-state index contributed by atoms with van der Waals surface area (Å²) in [5.41, 5.74) is -0.749. The number of rotatable bonds is 9. The summed E-state index contributed by atoms with van der Waals surface area (Å²) in [5, 5.41) is 9.69. The van der Waals surface area contributed by atoms with Crippen molar-refractivity contribution < 1.29 is 17.9 Å². The topological polar surface area (TPSA) is 73.8 Å². The summed E-state index contributed by atoms with van der Waals surface area (Å²) >= 11 is 0. The summed E-state index contributed by atoms with van der Waals surface area (Å²) in [6, 6.07) is 2.77. The number of nitrogens with zero attached hydrogens (tertiary/aromatic N) is 3. The molecule has 1 aromatic heterocycles. The molecule has 2 rings (SSSR count). The molecule has 1 aliphatic heterocycles. The van der Waals surface area contributed by atoms with Gasteiger partial charge in [0.05, 0.1) is 18.8 Å². The van der Waals surface area contributed by atoms with Gasteiger partial charge in [-0.2, -0.15) is 13.2 Å². The summed E-state index contributed by atoms with van der Waals surface area (Å²) in [7, 11) is 1.73. The average Bonchev–Trinajstić information content (AvgIpc) is 2.72. The van der Waals surface area contributed by atoms with Crippen LogP contribution in [0, 0.1) is 5.92 Å². The molecule has 178 valence electrons. The summed E-state index contributed by atoms with van der Waals surface area (Å²) < 4.78 is 43.1. The largest absolute Gasteiger partial charge is 0.417 e. The molecule has 31 heavy (non-hydrogen) atoms. The van der Waals surface area contributed by atoms with E-state index in [4.69, 9.17) is 4.74 Å². The van der Waals surface area contributed by atoms with E-state index in [-0.39, 0.29) is 24.0 Å². The lowest BCUT2D eigenvalue weighted by Gasteiger charge is -2.37. The van der Waals surface area contributed by atoms with Gasteiger partial charge in [-0.1, -0.05) is 13.8 Å². The van der Waals surface area contributed by atoms with Gasteiger partial charge >= 0.3 is 6.18 Å². The highest BCUT2D eigenvalue weighted by molar-refractivity contribution is 14.0. The van der Waals surface area contributed by atoms with Crippen molar-refractivity contribution in [3.63, 3.8) is 0 Å². The zero-order valence-corrected chi connectivity index (χ0v) is 20.7. The van der Waals surface area contributed by atoms with Gasteiger partial charge in [-0.3, -0.25) is 9.89 Å². The maximum atomic E-state index is 12.5. The third-order valence-electron chi connectivity index (χ3n) is 5.03. The van der Waals surface area contributed by atoms with E-state index in [1.165, 1.54) is 6.07 Å². The van der Waals surface area contributed by atoms with E-state index in [9.17, 15) is 13.2 Å². The molecule has 0 radical (unpaired) electrons. The minimum absolute atomic E-state index is 0. The highest BCUT2D eigenvalue weighted by Gasteiger charge is 2.30. The summed E-state index contributed by atoms with van der Waals surface area (Å²) in [4.78, 5) is 10.5. The van der Waals surface area contributed by atoms with Crippen LogP contribution < -0.4 is 16.0 Å². The number of pyridine rings is 1. The number of alkyl halides is 3. The second-order valence-electron chi connectivity index (χ2n) is 7.55. The lowest BCUT2D eigenvalue weighted by Crippen LogP contribution is -2.52. The molecular weight excluding hydrogens is 524 g/mol. The molecule has 0 bridgehead atoms. The molecule has 1 aliphatic rings. The van der Waals surface area contributed by atoms with Crippen molar-refractivity contribution >= 4 is 35.8 Å². The summed E-state index contributed by atoms with van der Waals surface area (Å²) in [5.74, 6) is 1.67. The van der Waals surface area contributed by atoms with E-state index in [0.29, 0.717) is 30.9 Å². The minimum atomic E-state index is -4.37. The number of ether oxygens (including phenoxy) is 1. The van der Waals surface area contributed by atoms with Gasteiger partial charge < -0.3 is 20.7 Å². The number of hydrogen-bond acceptors (Lipinski definition) is 5. The molecule has 1 unspecified atom stereocenters. The Kier molecular flexibility index (Phi) is 12.5. The molecule has 1 saturated heterocycles. The van der Waals surface area contributed by atoms with Crippen molar-refractivity contribution in [1.82, 2.24) is 20.5 Å². The van der Waals surface area contributed by atoms with Crippen LogP contribution in [0.3, 0.4) is 0 Å². The van der Waals surface area contributed by atoms with Crippen LogP contribution in [0.4, 0.5) is 19.0 Å². The Labute approximate surface area is 199 Å².